The smallest absolute Gasteiger partial charge is 0.223 e. The van der Waals surface area contributed by atoms with E-state index in [1.54, 1.807) is 0 Å². The number of carbonyl (C=O) groups excluding carboxylic acids is 1. The summed E-state index contributed by atoms with van der Waals surface area (Å²) in [5.74, 6) is 1.99. The molecule has 2 aliphatic rings. The summed E-state index contributed by atoms with van der Waals surface area (Å²) in [5.41, 5.74) is 0. The molecule has 1 aliphatic heterocycles. The van der Waals surface area contributed by atoms with E-state index in [2.05, 4.69) is 17.6 Å². The molecule has 1 aliphatic carbocycles. The zero-order valence-corrected chi connectivity index (χ0v) is 14.4. The molecule has 0 radical (unpaired) electrons. The Kier molecular flexibility index (Phi) is 9.34. The topological polar surface area (TPSA) is 41.1 Å². The summed E-state index contributed by atoms with van der Waals surface area (Å²) in [5, 5.41) is 6.63. The second kappa shape index (κ2) is 10.4. The molecular weight excluding hydrogens is 284 g/mol. The monoisotopic (exact) mass is 316 g/mol. The van der Waals surface area contributed by atoms with Crippen LogP contribution in [0.15, 0.2) is 0 Å². The van der Waals surface area contributed by atoms with Crippen molar-refractivity contribution in [2.75, 3.05) is 19.6 Å². The van der Waals surface area contributed by atoms with Gasteiger partial charge in [-0.1, -0.05) is 39.0 Å². The van der Waals surface area contributed by atoms with Crippen LogP contribution in [0.3, 0.4) is 0 Å². The predicted octanol–water partition coefficient (Wildman–Crippen LogP) is 3.52. The largest absolute Gasteiger partial charge is 0.356 e. The van der Waals surface area contributed by atoms with Crippen molar-refractivity contribution >= 4 is 18.3 Å². The lowest BCUT2D eigenvalue weighted by molar-refractivity contribution is -0.126. The third kappa shape index (κ3) is 6.56. The maximum absolute atomic E-state index is 12.4. The summed E-state index contributed by atoms with van der Waals surface area (Å²) in [6.45, 7) is 5.24. The van der Waals surface area contributed by atoms with Crippen LogP contribution in [0.1, 0.15) is 64.7 Å². The van der Waals surface area contributed by atoms with E-state index in [1.165, 1.54) is 44.9 Å². The maximum Gasteiger partial charge on any atom is 0.223 e. The van der Waals surface area contributed by atoms with Gasteiger partial charge in [-0.25, -0.2) is 0 Å². The van der Waals surface area contributed by atoms with E-state index in [-0.39, 0.29) is 18.3 Å². The van der Waals surface area contributed by atoms with Crippen LogP contribution in [0.2, 0.25) is 0 Å². The molecule has 124 valence electrons. The van der Waals surface area contributed by atoms with Gasteiger partial charge in [-0.15, -0.1) is 12.4 Å². The van der Waals surface area contributed by atoms with Crippen LogP contribution < -0.4 is 10.6 Å². The molecule has 21 heavy (non-hydrogen) atoms. The van der Waals surface area contributed by atoms with Gasteiger partial charge < -0.3 is 10.6 Å². The molecule has 1 saturated carbocycles. The summed E-state index contributed by atoms with van der Waals surface area (Å²) in [6, 6.07) is 0. The van der Waals surface area contributed by atoms with Crippen molar-refractivity contribution in [1.82, 2.24) is 10.6 Å². The van der Waals surface area contributed by atoms with Crippen molar-refractivity contribution in [1.29, 1.82) is 0 Å². The van der Waals surface area contributed by atoms with Crippen molar-refractivity contribution < 1.29 is 4.79 Å². The Labute approximate surface area is 136 Å². The Morgan fingerprint density at radius 1 is 1.14 bits per heavy atom. The summed E-state index contributed by atoms with van der Waals surface area (Å²) in [4.78, 5) is 12.4. The van der Waals surface area contributed by atoms with Crippen molar-refractivity contribution in [3.05, 3.63) is 0 Å². The first-order valence-corrected chi connectivity index (χ1v) is 8.78. The maximum atomic E-state index is 12.4. The fourth-order valence-corrected chi connectivity index (χ4v) is 3.77. The van der Waals surface area contributed by atoms with Gasteiger partial charge in [0.25, 0.3) is 0 Å². The van der Waals surface area contributed by atoms with Crippen molar-refractivity contribution in [2.45, 2.75) is 64.7 Å². The molecule has 0 aromatic heterocycles. The van der Waals surface area contributed by atoms with Crippen molar-refractivity contribution in [3.8, 4) is 0 Å². The molecule has 2 atom stereocenters. The molecule has 0 aromatic carbocycles. The standard InChI is InChI=1S/C17H32N2O.ClH/c1-2-16(11-14-7-4-3-5-8-14)17(20)19-13-15-9-6-10-18-12-15;/h14-16,18H,2-13H2,1H3,(H,19,20);1H. The lowest BCUT2D eigenvalue weighted by Crippen LogP contribution is -2.40. The molecule has 0 aromatic rings. The van der Waals surface area contributed by atoms with Crippen LogP contribution in [0.25, 0.3) is 0 Å². The van der Waals surface area contributed by atoms with E-state index < -0.39 is 0 Å². The van der Waals surface area contributed by atoms with Crippen molar-refractivity contribution in [3.63, 3.8) is 0 Å². The van der Waals surface area contributed by atoms with E-state index in [9.17, 15) is 4.79 Å². The first kappa shape index (κ1) is 18.8. The van der Waals surface area contributed by atoms with Gasteiger partial charge in [-0.2, -0.15) is 0 Å². The highest BCUT2D eigenvalue weighted by molar-refractivity contribution is 5.85. The third-order valence-electron chi connectivity index (χ3n) is 5.17. The molecule has 1 heterocycles. The lowest BCUT2D eigenvalue weighted by atomic mass is 9.81. The average Bonchev–Trinajstić information content (AvgIpc) is 2.52. The average molecular weight is 317 g/mol. The van der Waals surface area contributed by atoms with Gasteiger partial charge in [-0.3, -0.25) is 4.79 Å². The molecule has 2 unspecified atom stereocenters. The van der Waals surface area contributed by atoms with Gasteiger partial charge in [0.2, 0.25) is 5.91 Å². The molecule has 1 amide bonds. The summed E-state index contributed by atoms with van der Waals surface area (Å²) in [6.07, 6.45) is 11.4. The van der Waals surface area contributed by atoms with Gasteiger partial charge in [0.05, 0.1) is 0 Å². The Hall–Kier alpha value is -0.280. The molecule has 2 N–H and O–H groups in total. The summed E-state index contributed by atoms with van der Waals surface area (Å²) in [7, 11) is 0. The summed E-state index contributed by atoms with van der Waals surface area (Å²) >= 11 is 0. The number of carbonyl (C=O) groups is 1. The highest BCUT2D eigenvalue weighted by Crippen LogP contribution is 2.30. The van der Waals surface area contributed by atoms with Gasteiger partial charge in [0.1, 0.15) is 0 Å². The second-order valence-electron chi connectivity index (χ2n) is 6.80. The predicted molar refractivity (Wildman–Crippen MR) is 90.8 cm³/mol. The third-order valence-corrected chi connectivity index (χ3v) is 5.17. The molecular formula is C17H33ClN2O. The number of hydrogen-bond acceptors (Lipinski definition) is 2. The molecule has 0 spiro atoms. The minimum absolute atomic E-state index is 0. The number of amides is 1. The van der Waals surface area contributed by atoms with Crippen LogP contribution >= 0.6 is 12.4 Å². The Balaban J connectivity index is 0.00000220. The van der Waals surface area contributed by atoms with Crippen LogP contribution in [0.4, 0.5) is 0 Å². The molecule has 0 bridgehead atoms. The quantitative estimate of drug-likeness (QED) is 0.787. The fourth-order valence-electron chi connectivity index (χ4n) is 3.77. The highest BCUT2D eigenvalue weighted by Gasteiger charge is 2.23. The van der Waals surface area contributed by atoms with E-state index in [1.807, 2.05) is 0 Å². The lowest BCUT2D eigenvalue weighted by Gasteiger charge is -2.27. The van der Waals surface area contributed by atoms with Crippen LogP contribution in [0.5, 0.6) is 0 Å². The number of halogens is 1. The number of piperidine rings is 1. The number of nitrogens with one attached hydrogen (secondary N) is 2. The molecule has 3 nitrogen and oxygen atoms in total. The Morgan fingerprint density at radius 2 is 1.86 bits per heavy atom. The Bertz CT molecular complexity index is 287. The van der Waals surface area contributed by atoms with Crippen LogP contribution in [-0.2, 0) is 4.79 Å². The molecule has 2 rings (SSSR count). The van der Waals surface area contributed by atoms with Crippen molar-refractivity contribution in [2.24, 2.45) is 17.8 Å². The van der Waals surface area contributed by atoms with E-state index in [4.69, 9.17) is 0 Å². The molecule has 4 heteroatoms. The molecule has 1 saturated heterocycles. The fraction of sp³-hybridized carbons (Fsp3) is 0.941. The van der Waals surface area contributed by atoms with Gasteiger partial charge in [-0.05, 0) is 50.6 Å². The first-order valence-electron chi connectivity index (χ1n) is 8.78. The minimum atomic E-state index is 0. The zero-order valence-electron chi connectivity index (χ0n) is 13.5. The van der Waals surface area contributed by atoms with E-state index in [0.717, 1.165) is 38.4 Å². The highest BCUT2D eigenvalue weighted by atomic mass is 35.5. The summed E-state index contributed by atoms with van der Waals surface area (Å²) < 4.78 is 0. The van der Waals surface area contributed by atoms with Gasteiger partial charge in [0.15, 0.2) is 0 Å². The van der Waals surface area contributed by atoms with Gasteiger partial charge in [0, 0.05) is 12.5 Å². The Morgan fingerprint density at radius 3 is 2.48 bits per heavy atom. The first-order chi connectivity index (χ1) is 9.79. The number of hydrogen-bond donors (Lipinski definition) is 2. The van der Waals surface area contributed by atoms with E-state index >= 15 is 0 Å². The normalized spacial score (nSPS) is 24.9. The SMILES string of the molecule is CCC(CC1CCCCC1)C(=O)NCC1CCCNC1.Cl. The molecule has 2 fully saturated rings. The van der Waals surface area contributed by atoms with Crippen LogP contribution in [-0.4, -0.2) is 25.5 Å². The van der Waals surface area contributed by atoms with Crippen LogP contribution in [0, 0.1) is 17.8 Å². The van der Waals surface area contributed by atoms with E-state index in [0.29, 0.717) is 11.8 Å². The van der Waals surface area contributed by atoms with Gasteiger partial charge >= 0.3 is 0 Å². The second-order valence-corrected chi connectivity index (χ2v) is 6.80. The zero-order chi connectivity index (χ0) is 14.2. The number of rotatable bonds is 6. The minimum Gasteiger partial charge on any atom is -0.356 e.